The fourth-order valence-electron chi connectivity index (χ4n) is 2.59. The highest BCUT2D eigenvalue weighted by atomic mass is 16.1. The largest absolute Gasteiger partial charge is 0.323 e. The minimum absolute atomic E-state index is 0.0724. The van der Waals surface area contributed by atoms with E-state index >= 15 is 0 Å². The van der Waals surface area contributed by atoms with Crippen LogP contribution >= 0.6 is 0 Å². The molecule has 20 heavy (non-hydrogen) atoms. The zero-order valence-electron chi connectivity index (χ0n) is 11.6. The molecule has 100 valence electrons. The van der Waals surface area contributed by atoms with Crippen molar-refractivity contribution in [2.24, 2.45) is 4.99 Å². The molecule has 0 aliphatic carbocycles. The average Bonchev–Trinajstić information content (AvgIpc) is 2.57. The van der Waals surface area contributed by atoms with Gasteiger partial charge in [0.2, 0.25) is 5.91 Å². The Bertz CT molecular complexity index is 697. The quantitative estimate of drug-likeness (QED) is 0.843. The van der Waals surface area contributed by atoms with Gasteiger partial charge in [0, 0.05) is 17.3 Å². The number of para-hydroxylation sites is 1. The molecule has 1 N–H and O–H groups in total. The number of benzene rings is 2. The van der Waals surface area contributed by atoms with Gasteiger partial charge in [0.05, 0.1) is 5.69 Å². The molecule has 0 aromatic heterocycles. The molecule has 1 heterocycles. The lowest BCUT2D eigenvalue weighted by molar-refractivity contribution is -0.114. The molecule has 3 nitrogen and oxygen atoms in total. The second-order valence-electron chi connectivity index (χ2n) is 5.16. The molecule has 0 saturated carbocycles. The van der Waals surface area contributed by atoms with Crippen LogP contribution in [0.4, 0.5) is 5.69 Å². The van der Waals surface area contributed by atoms with Crippen molar-refractivity contribution in [1.29, 1.82) is 0 Å². The number of anilines is 1. The highest BCUT2D eigenvalue weighted by Crippen LogP contribution is 2.32. The van der Waals surface area contributed by atoms with Crippen molar-refractivity contribution in [3.05, 3.63) is 53.1 Å². The van der Waals surface area contributed by atoms with Crippen molar-refractivity contribution in [3.63, 3.8) is 0 Å². The molecule has 3 heteroatoms. The van der Waals surface area contributed by atoms with Crippen LogP contribution in [0.15, 0.2) is 41.4 Å². The first-order chi connectivity index (χ1) is 9.63. The maximum absolute atomic E-state index is 11.7. The van der Waals surface area contributed by atoms with E-state index in [9.17, 15) is 4.79 Å². The molecule has 0 fully saturated rings. The Morgan fingerprint density at radius 2 is 1.85 bits per heavy atom. The van der Waals surface area contributed by atoms with Gasteiger partial charge in [0.1, 0.15) is 6.54 Å². The number of hydrogen-bond donors (Lipinski definition) is 1. The fraction of sp³-hybridized carbons (Fsp3) is 0.176. The van der Waals surface area contributed by atoms with Gasteiger partial charge >= 0.3 is 0 Å². The lowest BCUT2D eigenvalue weighted by Crippen LogP contribution is -2.14. The minimum atomic E-state index is -0.0724. The van der Waals surface area contributed by atoms with Crippen LogP contribution in [-0.4, -0.2) is 18.7 Å². The van der Waals surface area contributed by atoms with E-state index in [-0.39, 0.29) is 12.5 Å². The van der Waals surface area contributed by atoms with Gasteiger partial charge in [0.25, 0.3) is 0 Å². The average molecular weight is 264 g/mol. The lowest BCUT2D eigenvalue weighted by Gasteiger charge is -2.13. The summed E-state index contributed by atoms with van der Waals surface area (Å²) in [7, 11) is 0. The number of benzodiazepines with no additional fused rings is 1. The summed E-state index contributed by atoms with van der Waals surface area (Å²) < 4.78 is 0. The molecule has 0 atom stereocenters. The van der Waals surface area contributed by atoms with Crippen molar-refractivity contribution >= 4 is 17.8 Å². The summed E-state index contributed by atoms with van der Waals surface area (Å²) in [5.74, 6) is -0.0724. The molecule has 2 aromatic rings. The molecule has 1 aliphatic heterocycles. The number of carbonyl (C=O) groups is 1. The number of amides is 1. The fourth-order valence-corrected chi connectivity index (χ4v) is 2.59. The lowest BCUT2D eigenvalue weighted by atomic mass is 9.97. The van der Waals surface area contributed by atoms with Gasteiger partial charge in [-0.1, -0.05) is 47.5 Å². The van der Waals surface area contributed by atoms with E-state index in [0.29, 0.717) is 0 Å². The van der Waals surface area contributed by atoms with E-state index < -0.39 is 0 Å². The number of rotatable bonds is 1. The maximum atomic E-state index is 11.7. The minimum Gasteiger partial charge on any atom is -0.323 e. The van der Waals surface area contributed by atoms with Crippen LogP contribution in [0.3, 0.4) is 0 Å². The van der Waals surface area contributed by atoms with Gasteiger partial charge in [-0.15, -0.1) is 0 Å². The molecule has 0 bridgehead atoms. The summed E-state index contributed by atoms with van der Waals surface area (Å²) in [6.07, 6.45) is 1.76. The van der Waals surface area contributed by atoms with E-state index in [2.05, 4.69) is 42.4 Å². The normalized spacial score (nSPS) is 13.6. The SMILES string of the molecule is Cc1cc(C)cc(-c2cccc3c2NC(=O)CN=C3)c1. The number of aryl methyl sites for hydroxylation is 2. The van der Waals surface area contributed by atoms with Crippen molar-refractivity contribution in [2.75, 3.05) is 11.9 Å². The van der Waals surface area contributed by atoms with E-state index in [1.165, 1.54) is 11.1 Å². The Balaban J connectivity index is 2.20. The first-order valence-corrected chi connectivity index (χ1v) is 6.65. The molecule has 3 rings (SSSR count). The number of nitrogens with one attached hydrogen (secondary N) is 1. The van der Waals surface area contributed by atoms with E-state index in [1.54, 1.807) is 6.21 Å². The Kier molecular flexibility index (Phi) is 3.11. The van der Waals surface area contributed by atoms with Crippen molar-refractivity contribution in [2.45, 2.75) is 13.8 Å². The first-order valence-electron chi connectivity index (χ1n) is 6.65. The van der Waals surface area contributed by atoms with Crippen molar-refractivity contribution in [1.82, 2.24) is 0 Å². The third kappa shape index (κ3) is 2.35. The smallest absolute Gasteiger partial charge is 0.246 e. The first kappa shape index (κ1) is 12.6. The van der Waals surface area contributed by atoms with Gasteiger partial charge in [0.15, 0.2) is 0 Å². The molecule has 0 spiro atoms. The number of carbonyl (C=O) groups excluding carboxylic acids is 1. The van der Waals surface area contributed by atoms with E-state index in [4.69, 9.17) is 0 Å². The van der Waals surface area contributed by atoms with Crippen molar-refractivity contribution < 1.29 is 4.79 Å². The van der Waals surface area contributed by atoms with Gasteiger partial charge in [-0.2, -0.15) is 0 Å². The summed E-state index contributed by atoms with van der Waals surface area (Å²) in [6, 6.07) is 12.4. The summed E-state index contributed by atoms with van der Waals surface area (Å²) in [5.41, 5.74) is 6.39. The third-order valence-electron chi connectivity index (χ3n) is 3.36. The Hall–Kier alpha value is -2.42. The van der Waals surface area contributed by atoms with Gasteiger partial charge in [-0.3, -0.25) is 9.79 Å². The molecule has 1 aliphatic rings. The highest BCUT2D eigenvalue weighted by Gasteiger charge is 2.14. The number of fused-ring (bicyclic) bond motifs is 1. The van der Waals surface area contributed by atoms with Crippen LogP contribution in [0.2, 0.25) is 0 Å². The van der Waals surface area contributed by atoms with Gasteiger partial charge in [-0.05, 0) is 19.4 Å². The maximum Gasteiger partial charge on any atom is 0.246 e. The molecule has 0 saturated heterocycles. The van der Waals surface area contributed by atoms with Crippen molar-refractivity contribution in [3.8, 4) is 11.1 Å². The monoisotopic (exact) mass is 264 g/mol. The molecule has 1 amide bonds. The predicted molar refractivity (Wildman–Crippen MR) is 82.4 cm³/mol. The molecular formula is C17H16N2O. The Labute approximate surface area is 118 Å². The number of aliphatic imine (C=N–C) groups is 1. The van der Waals surface area contributed by atoms with E-state index in [1.807, 2.05) is 18.2 Å². The predicted octanol–water partition coefficient (Wildman–Crippen LogP) is 3.34. The van der Waals surface area contributed by atoms with Crippen LogP contribution in [0.25, 0.3) is 11.1 Å². The van der Waals surface area contributed by atoms with Crippen LogP contribution in [0.1, 0.15) is 16.7 Å². The van der Waals surface area contributed by atoms with Crippen LogP contribution in [0, 0.1) is 13.8 Å². The topological polar surface area (TPSA) is 41.5 Å². The second kappa shape index (κ2) is 4.93. The molecule has 0 radical (unpaired) electrons. The van der Waals surface area contributed by atoms with Gasteiger partial charge < -0.3 is 5.32 Å². The van der Waals surface area contributed by atoms with Gasteiger partial charge in [-0.25, -0.2) is 0 Å². The number of nitrogens with zero attached hydrogens (tertiary/aromatic N) is 1. The van der Waals surface area contributed by atoms with Crippen LogP contribution in [-0.2, 0) is 4.79 Å². The third-order valence-corrected chi connectivity index (χ3v) is 3.36. The Morgan fingerprint density at radius 3 is 2.60 bits per heavy atom. The highest BCUT2D eigenvalue weighted by molar-refractivity contribution is 6.06. The summed E-state index contributed by atoms with van der Waals surface area (Å²) in [4.78, 5) is 15.9. The molecule has 0 unspecified atom stereocenters. The van der Waals surface area contributed by atoms with Crippen LogP contribution in [0.5, 0.6) is 0 Å². The second-order valence-corrected chi connectivity index (χ2v) is 5.16. The zero-order valence-corrected chi connectivity index (χ0v) is 11.6. The molecule has 2 aromatic carbocycles. The summed E-state index contributed by atoms with van der Waals surface area (Å²) >= 11 is 0. The molecular weight excluding hydrogens is 248 g/mol. The van der Waals surface area contributed by atoms with E-state index in [0.717, 1.165) is 22.4 Å². The number of hydrogen-bond acceptors (Lipinski definition) is 2. The zero-order chi connectivity index (χ0) is 14.1. The summed E-state index contributed by atoms with van der Waals surface area (Å²) in [5, 5.41) is 2.96. The Morgan fingerprint density at radius 1 is 1.10 bits per heavy atom. The standard InChI is InChI=1S/C17H16N2O/c1-11-6-12(2)8-14(7-11)15-5-3-4-13-9-18-10-16(20)19-17(13)15/h3-9H,10H2,1-2H3,(H,19,20). The van der Waals surface area contributed by atoms with Crippen LogP contribution < -0.4 is 5.32 Å². The summed E-state index contributed by atoms with van der Waals surface area (Å²) in [6.45, 7) is 4.34.